The summed E-state index contributed by atoms with van der Waals surface area (Å²) < 4.78 is 24.6. The minimum atomic E-state index is -3.81. The number of sulfonamides is 1. The maximum atomic E-state index is 12.3. The lowest BCUT2D eigenvalue weighted by atomic mass is 9.99. The first-order valence-corrected chi connectivity index (χ1v) is 9.86. The van der Waals surface area contributed by atoms with Gasteiger partial charge in [0.15, 0.2) is 0 Å². The molecule has 2 aromatic carbocycles. The molecule has 0 bridgehead atoms. The molecule has 0 unspecified atom stereocenters. The fourth-order valence-electron chi connectivity index (χ4n) is 2.35. The Bertz CT molecular complexity index is 813. The Hall–Kier alpha value is -2.18. The largest absolute Gasteiger partial charge is 0.273 e. The number of hydrogen-bond donors (Lipinski definition) is 2. The molecule has 0 radical (unpaired) electrons. The molecule has 0 spiro atoms. The molecule has 1 amide bonds. The van der Waals surface area contributed by atoms with Crippen molar-refractivity contribution in [3.8, 4) is 0 Å². The second-order valence-electron chi connectivity index (χ2n) is 5.99. The van der Waals surface area contributed by atoms with E-state index in [0.717, 1.165) is 24.0 Å². The third kappa shape index (κ3) is 4.90. The van der Waals surface area contributed by atoms with E-state index in [1.807, 2.05) is 19.1 Å². The van der Waals surface area contributed by atoms with Crippen molar-refractivity contribution < 1.29 is 13.2 Å². The van der Waals surface area contributed by atoms with E-state index in [9.17, 15) is 13.2 Å². The Morgan fingerprint density at radius 3 is 2.12 bits per heavy atom. The first-order valence-electron chi connectivity index (χ1n) is 8.38. The Morgan fingerprint density at radius 2 is 1.60 bits per heavy atom. The Kier molecular flexibility index (Phi) is 6.33. The monoisotopic (exact) mass is 360 g/mol. The van der Waals surface area contributed by atoms with E-state index in [0.29, 0.717) is 11.5 Å². The van der Waals surface area contributed by atoms with Crippen LogP contribution in [0.2, 0.25) is 0 Å². The molecular weight excluding hydrogens is 336 g/mol. The van der Waals surface area contributed by atoms with Crippen molar-refractivity contribution in [2.24, 2.45) is 0 Å². The summed E-state index contributed by atoms with van der Waals surface area (Å²) in [4.78, 5) is 14.3. The van der Waals surface area contributed by atoms with Crippen LogP contribution in [0.5, 0.6) is 0 Å². The van der Waals surface area contributed by atoms with Gasteiger partial charge in [0, 0.05) is 5.56 Å². The van der Waals surface area contributed by atoms with Gasteiger partial charge in [0.25, 0.3) is 15.9 Å². The number of aryl methyl sites for hydroxylation is 1. The van der Waals surface area contributed by atoms with Crippen LogP contribution < -0.4 is 10.3 Å². The van der Waals surface area contributed by atoms with Crippen molar-refractivity contribution in [1.29, 1.82) is 0 Å². The highest BCUT2D eigenvalue weighted by Crippen LogP contribution is 2.20. The second-order valence-corrected chi connectivity index (χ2v) is 7.67. The zero-order valence-electron chi connectivity index (χ0n) is 14.7. The van der Waals surface area contributed by atoms with Crippen LogP contribution in [0.15, 0.2) is 53.4 Å². The predicted octanol–water partition coefficient (Wildman–Crippen LogP) is 3.39. The Labute approximate surface area is 149 Å². The number of carbonyl (C=O) groups is 1. The SMILES string of the molecule is CCc1ccc(C(=O)NNS(=O)(=O)c2ccc([C@@H](C)CC)cc2)cc1. The average molecular weight is 360 g/mol. The fraction of sp³-hybridized carbons (Fsp3) is 0.316. The van der Waals surface area contributed by atoms with E-state index < -0.39 is 15.9 Å². The summed E-state index contributed by atoms with van der Waals surface area (Å²) >= 11 is 0. The van der Waals surface area contributed by atoms with E-state index in [1.54, 1.807) is 36.4 Å². The van der Waals surface area contributed by atoms with Crippen molar-refractivity contribution in [3.05, 3.63) is 65.2 Å². The first-order chi connectivity index (χ1) is 11.9. The van der Waals surface area contributed by atoms with Gasteiger partial charge in [-0.15, -0.1) is 4.83 Å². The van der Waals surface area contributed by atoms with Gasteiger partial charge in [-0.25, -0.2) is 8.42 Å². The molecule has 2 aromatic rings. The van der Waals surface area contributed by atoms with Gasteiger partial charge in [0.1, 0.15) is 0 Å². The lowest BCUT2D eigenvalue weighted by Gasteiger charge is -2.11. The van der Waals surface area contributed by atoms with Crippen molar-refractivity contribution in [2.75, 3.05) is 0 Å². The molecule has 0 heterocycles. The molecule has 2 N–H and O–H groups in total. The van der Waals surface area contributed by atoms with Gasteiger partial charge in [0.05, 0.1) is 4.90 Å². The van der Waals surface area contributed by atoms with Crippen molar-refractivity contribution in [2.45, 2.75) is 44.4 Å². The highest BCUT2D eigenvalue weighted by Gasteiger charge is 2.16. The van der Waals surface area contributed by atoms with Gasteiger partial charge in [-0.2, -0.15) is 0 Å². The van der Waals surface area contributed by atoms with E-state index in [2.05, 4.69) is 24.1 Å². The Balaban J connectivity index is 2.04. The van der Waals surface area contributed by atoms with Crippen molar-refractivity contribution in [1.82, 2.24) is 10.3 Å². The highest BCUT2D eigenvalue weighted by molar-refractivity contribution is 7.89. The molecule has 0 aliphatic heterocycles. The molecule has 0 aliphatic rings. The zero-order chi connectivity index (χ0) is 18.4. The number of amides is 1. The zero-order valence-corrected chi connectivity index (χ0v) is 15.6. The standard InChI is InChI=1S/C19H24N2O3S/c1-4-14(3)16-10-12-18(13-11-16)25(23,24)21-20-19(22)17-8-6-15(5-2)7-9-17/h6-14,21H,4-5H2,1-3H3,(H,20,22)/t14-/m0/s1. The van der Waals surface area contributed by atoms with Crippen LogP contribution in [0.1, 0.15) is 54.6 Å². The Morgan fingerprint density at radius 1 is 1.00 bits per heavy atom. The summed E-state index contributed by atoms with van der Waals surface area (Å²) in [5, 5.41) is 0. The van der Waals surface area contributed by atoms with Crippen LogP contribution in [0, 0.1) is 0 Å². The predicted molar refractivity (Wildman–Crippen MR) is 98.8 cm³/mol. The maximum absolute atomic E-state index is 12.3. The molecule has 0 aromatic heterocycles. The lowest BCUT2D eigenvalue weighted by molar-refractivity contribution is 0.0945. The van der Waals surface area contributed by atoms with Crippen LogP contribution in [-0.2, 0) is 16.4 Å². The van der Waals surface area contributed by atoms with Crippen molar-refractivity contribution in [3.63, 3.8) is 0 Å². The third-order valence-electron chi connectivity index (χ3n) is 4.30. The van der Waals surface area contributed by atoms with Crippen LogP contribution in [0.3, 0.4) is 0 Å². The van der Waals surface area contributed by atoms with Crippen LogP contribution in [0.25, 0.3) is 0 Å². The highest BCUT2D eigenvalue weighted by atomic mass is 32.2. The minimum absolute atomic E-state index is 0.112. The maximum Gasteiger partial charge on any atom is 0.266 e. The molecule has 0 saturated heterocycles. The number of nitrogens with one attached hydrogen (secondary N) is 2. The number of carbonyl (C=O) groups excluding carboxylic acids is 1. The number of hydrogen-bond acceptors (Lipinski definition) is 3. The number of rotatable bonds is 7. The van der Waals surface area contributed by atoms with Gasteiger partial charge >= 0.3 is 0 Å². The summed E-state index contributed by atoms with van der Waals surface area (Å²) in [5.74, 6) is -0.127. The van der Waals surface area contributed by atoms with Crippen LogP contribution in [0.4, 0.5) is 0 Å². The first kappa shape index (κ1) is 19.1. The van der Waals surface area contributed by atoms with Gasteiger partial charge in [0.2, 0.25) is 0 Å². The molecule has 1 atom stereocenters. The summed E-state index contributed by atoms with van der Waals surface area (Å²) in [7, 11) is -3.81. The van der Waals surface area contributed by atoms with E-state index in [1.165, 1.54) is 0 Å². The topological polar surface area (TPSA) is 75.3 Å². The minimum Gasteiger partial charge on any atom is -0.273 e. The molecule has 134 valence electrons. The summed E-state index contributed by atoms with van der Waals surface area (Å²) in [6.07, 6.45) is 1.86. The second kappa shape index (κ2) is 8.27. The van der Waals surface area contributed by atoms with Crippen LogP contribution in [-0.4, -0.2) is 14.3 Å². The molecule has 0 fully saturated rings. The fourth-order valence-corrected chi connectivity index (χ4v) is 3.19. The summed E-state index contributed by atoms with van der Waals surface area (Å²) in [5.41, 5.74) is 4.84. The molecule has 6 heteroatoms. The van der Waals surface area contributed by atoms with Gasteiger partial charge in [-0.3, -0.25) is 10.2 Å². The van der Waals surface area contributed by atoms with Gasteiger partial charge in [-0.05, 0) is 54.2 Å². The average Bonchev–Trinajstić information content (AvgIpc) is 2.65. The molecule has 0 saturated carbocycles. The normalized spacial score (nSPS) is 12.6. The molecule has 25 heavy (non-hydrogen) atoms. The lowest BCUT2D eigenvalue weighted by Crippen LogP contribution is -2.41. The van der Waals surface area contributed by atoms with Crippen LogP contribution >= 0.6 is 0 Å². The third-order valence-corrected chi connectivity index (χ3v) is 5.56. The summed E-state index contributed by atoms with van der Waals surface area (Å²) in [6.45, 7) is 6.20. The molecular formula is C19H24N2O3S. The van der Waals surface area contributed by atoms with Gasteiger partial charge in [-0.1, -0.05) is 45.0 Å². The van der Waals surface area contributed by atoms with E-state index >= 15 is 0 Å². The quantitative estimate of drug-likeness (QED) is 0.743. The molecule has 0 aliphatic carbocycles. The number of benzene rings is 2. The van der Waals surface area contributed by atoms with E-state index in [-0.39, 0.29) is 4.90 Å². The van der Waals surface area contributed by atoms with Gasteiger partial charge < -0.3 is 0 Å². The molecule has 5 nitrogen and oxygen atoms in total. The molecule has 2 rings (SSSR count). The van der Waals surface area contributed by atoms with E-state index in [4.69, 9.17) is 0 Å². The number of hydrazine groups is 1. The van der Waals surface area contributed by atoms with Crippen molar-refractivity contribution >= 4 is 15.9 Å². The smallest absolute Gasteiger partial charge is 0.266 e. The summed E-state index contributed by atoms with van der Waals surface area (Å²) in [6, 6.07) is 13.7.